The van der Waals surface area contributed by atoms with Crippen molar-refractivity contribution >= 4 is 5.57 Å². The van der Waals surface area contributed by atoms with Crippen LogP contribution in [0.3, 0.4) is 0 Å². The van der Waals surface area contributed by atoms with Crippen LogP contribution < -0.4 is 4.74 Å². The van der Waals surface area contributed by atoms with E-state index in [2.05, 4.69) is 6.58 Å². The van der Waals surface area contributed by atoms with Gasteiger partial charge in [-0.15, -0.1) is 0 Å². The first-order chi connectivity index (χ1) is 7.60. The Morgan fingerprint density at radius 1 is 1.44 bits per heavy atom. The molecule has 0 fully saturated rings. The molecule has 1 aromatic rings. The summed E-state index contributed by atoms with van der Waals surface area (Å²) in [6.45, 7) is 9.43. The Bertz CT molecular complexity index is 419. The SMILES string of the molecule is C=C(C)c1cc(F)cc(C#N)c1OC.CC. The number of allylic oxidation sites excluding steroid dienone is 1. The van der Waals surface area contributed by atoms with Crippen LogP contribution in [0.2, 0.25) is 0 Å². The van der Waals surface area contributed by atoms with E-state index in [1.165, 1.54) is 13.2 Å². The number of rotatable bonds is 2. The van der Waals surface area contributed by atoms with Gasteiger partial charge in [0.1, 0.15) is 17.6 Å². The zero-order valence-electron chi connectivity index (χ0n) is 10.1. The molecule has 3 heteroatoms. The number of halogens is 1. The van der Waals surface area contributed by atoms with Crippen molar-refractivity contribution in [3.8, 4) is 11.8 Å². The van der Waals surface area contributed by atoms with Crippen LogP contribution in [0.4, 0.5) is 4.39 Å². The molecule has 86 valence electrons. The van der Waals surface area contributed by atoms with E-state index in [1.807, 2.05) is 19.9 Å². The Morgan fingerprint density at radius 3 is 2.38 bits per heavy atom. The molecule has 2 nitrogen and oxygen atoms in total. The van der Waals surface area contributed by atoms with Crippen LogP contribution in [0, 0.1) is 17.1 Å². The van der Waals surface area contributed by atoms with Crippen LogP contribution in [0.5, 0.6) is 5.75 Å². The van der Waals surface area contributed by atoms with E-state index in [-0.39, 0.29) is 5.56 Å². The highest BCUT2D eigenvalue weighted by Gasteiger charge is 2.11. The topological polar surface area (TPSA) is 33.0 Å². The van der Waals surface area contributed by atoms with Gasteiger partial charge >= 0.3 is 0 Å². The van der Waals surface area contributed by atoms with Gasteiger partial charge in [-0.3, -0.25) is 0 Å². The highest BCUT2D eigenvalue weighted by molar-refractivity contribution is 5.70. The molecule has 0 aliphatic carbocycles. The smallest absolute Gasteiger partial charge is 0.144 e. The number of ether oxygens (including phenoxy) is 1. The molecule has 0 saturated heterocycles. The summed E-state index contributed by atoms with van der Waals surface area (Å²) < 4.78 is 18.1. The summed E-state index contributed by atoms with van der Waals surface area (Å²) in [5.41, 5.74) is 1.38. The van der Waals surface area contributed by atoms with E-state index >= 15 is 0 Å². The second-order valence-corrected chi connectivity index (χ2v) is 2.93. The molecule has 1 rings (SSSR count). The number of methoxy groups -OCH3 is 1. The minimum Gasteiger partial charge on any atom is -0.495 e. The summed E-state index contributed by atoms with van der Waals surface area (Å²) in [5, 5.41) is 8.75. The Labute approximate surface area is 96.0 Å². The molecular formula is C13H16FNO. The van der Waals surface area contributed by atoms with Crippen LogP contribution >= 0.6 is 0 Å². The van der Waals surface area contributed by atoms with Gasteiger partial charge in [0, 0.05) is 5.56 Å². The van der Waals surface area contributed by atoms with Gasteiger partial charge in [-0.05, 0) is 24.6 Å². The molecule has 0 aromatic heterocycles. The molecule has 0 bridgehead atoms. The largest absolute Gasteiger partial charge is 0.495 e. The summed E-state index contributed by atoms with van der Waals surface area (Å²) in [5.74, 6) is -0.0817. The summed E-state index contributed by atoms with van der Waals surface area (Å²) >= 11 is 0. The molecule has 0 atom stereocenters. The van der Waals surface area contributed by atoms with Crippen molar-refractivity contribution < 1.29 is 9.13 Å². The highest BCUT2D eigenvalue weighted by Crippen LogP contribution is 2.29. The van der Waals surface area contributed by atoms with Gasteiger partial charge in [0.05, 0.1) is 12.7 Å². The molecule has 0 amide bonds. The van der Waals surface area contributed by atoms with Gasteiger partial charge in [0.15, 0.2) is 0 Å². The third-order valence-electron chi connectivity index (χ3n) is 1.84. The van der Waals surface area contributed by atoms with E-state index in [9.17, 15) is 4.39 Å². The number of nitriles is 1. The Morgan fingerprint density at radius 2 is 2.00 bits per heavy atom. The zero-order valence-corrected chi connectivity index (χ0v) is 10.1. The van der Waals surface area contributed by atoms with Gasteiger partial charge in [-0.25, -0.2) is 4.39 Å². The molecule has 16 heavy (non-hydrogen) atoms. The van der Waals surface area contributed by atoms with E-state index in [0.29, 0.717) is 16.9 Å². The lowest BCUT2D eigenvalue weighted by molar-refractivity contribution is 0.411. The van der Waals surface area contributed by atoms with Crippen LogP contribution in [-0.4, -0.2) is 7.11 Å². The number of benzene rings is 1. The third kappa shape index (κ3) is 3.09. The van der Waals surface area contributed by atoms with Crippen LogP contribution in [0.25, 0.3) is 5.57 Å². The maximum Gasteiger partial charge on any atom is 0.144 e. The molecule has 0 aliphatic rings. The Balaban J connectivity index is 0.00000106. The minimum absolute atomic E-state index is 0.186. The molecule has 1 aromatic carbocycles. The molecular weight excluding hydrogens is 205 g/mol. The molecule has 0 saturated carbocycles. The fourth-order valence-corrected chi connectivity index (χ4v) is 1.21. The third-order valence-corrected chi connectivity index (χ3v) is 1.84. The van der Waals surface area contributed by atoms with Crippen LogP contribution in [-0.2, 0) is 0 Å². The molecule has 0 spiro atoms. The van der Waals surface area contributed by atoms with Gasteiger partial charge < -0.3 is 4.74 Å². The average molecular weight is 221 g/mol. The van der Waals surface area contributed by atoms with Gasteiger partial charge in [0.25, 0.3) is 0 Å². The quantitative estimate of drug-likeness (QED) is 0.761. The van der Waals surface area contributed by atoms with Crippen molar-refractivity contribution in [3.05, 3.63) is 35.7 Å². The molecule has 0 N–H and O–H groups in total. The predicted molar refractivity (Wildman–Crippen MR) is 63.7 cm³/mol. The molecule has 0 unspecified atom stereocenters. The van der Waals surface area contributed by atoms with Crippen molar-refractivity contribution in [2.24, 2.45) is 0 Å². The maximum absolute atomic E-state index is 13.0. The van der Waals surface area contributed by atoms with Crippen molar-refractivity contribution in [1.29, 1.82) is 5.26 Å². The molecule has 0 heterocycles. The van der Waals surface area contributed by atoms with Gasteiger partial charge in [0.2, 0.25) is 0 Å². The van der Waals surface area contributed by atoms with Crippen LogP contribution in [0.1, 0.15) is 31.9 Å². The van der Waals surface area contributed by atoms with Crippen molar-refractivity contribution in [2.45, 2.75) is 20.8 Å². The minimum atomic E-state index is -0.458. The van der Waals surface area contributed by atoms with Crippen molar-refractivity contribution in [3.63, 3.8) is 0 Å². The highest BCUT2D eigenvalue weighted by atomic mass is 19.1. The number of nitrogens with zero attached hydrogens (tertiary/aromatic N) is 1. The number of hydrogen-bond acceptors (Lipinski definition) is 2. The first-order valence-electron chi connectivity index (χ1n) is 5.03. The first kappa shape index (κ1) is 14.2. The second kappa shape index (κ2) is 6.62. The lowest BCUT2D eigenvalue weighted by atomic mass is 10.0. The maximum atomic E-state index is 13.0. The summed E-state index contributed by atoms with van der Waals surface area (Å²) in [4.78, 5) is 0. The van der Waals surface area contributed by atoms with E-state index in [0.717, 1.165) is 6.07 Å². The summed E-state index contributed by atoms with van der Waals surface area (Å²) in [6.07, 6.45) is 0. The van der Waals surface area contributed by atoms with Crippen molar-refractivity contribution in [1.82, 2.24) is 0 Å². The fraction of sp³-hybridized carbons (Fsp3) is 0.308. The molecule has 0 radical (unpaired) electrons. The van der Waals surface area contributed by atoms with Crippen molar-refractivity contribution in [2.75, 3.05) is 7.11 Å². The van der Waals surface area contributed by atoms with E-state index < -0.39 is 5.82 Å². The second-order valence-electron chi connectivity index (χ2n) is 2.93. The van der Waals surface area contributed by atoms with E-state index in [4.69, 9.17) is 10.00 Å². The first-order valence-corrected chi connectivity index (χ1v) is 5.03. The lowest BCUT2D eigenvalue weighted by Gasteiger charge is -2.09. The standard InChI is InChI=1S/C11H10FNO.C2H6/c1-7(2)10-5-9(12)4-8(6-13)11(10)14-3;1-2/h4-5H,1H2,2-3H3;1-2H3. The lowest BCUT2D eigenvalue weighted by Crippen LogP contribution is -1.95. The van der Waals surface area contributed by atoms with Gasteiger partial charge in [-0.1, -0.05) is 20.4 Å². The zero-order chi connectivity index (χ0) is 12.7. The molecule has 0 aliphatic heterocycles. The van der Waals surface area contributed by atoms with E-state index in [1.54, 1.807) is 6.92 Å². The van der Waals surface area contributed by atoms with Crippen LogP contribution in [0.15, 0.2) is 18.7 Å². The summed E-state index contributed by atoms with van der Waals surface area (Å²) in [6, 6.07) is 4.33. The normalized spacial score (nSPS) is 8.50. The Hall–Kier alpha value is -1.82. The monoisotopic (exact) mass is 221 g/mol. The van der Waals surface area contributed by atoms with Gasteiger partial charge in [-0.2, -0.15) is 5.26 Å². The average Bonchev–Trinajstić information content (AvgIpc) is 2.30. The number of hydrogen-bond donors (Lipinski definition) is 0. The Kier molecular flexibility index (Phi) is 5.87. The summed E-state index contributed by atoms with van der Waals surface area (Å²) in [7, 11) is 1.44. The fourth-order valence-electron chi connectivity index (χ4n) is 1.21. The predicted octanol–water partition coefficient (Wildman–Crippen LogP) is 3.77.